The average molecular weight is 838 g/mol. The quantitative estimate of drug-likeness (QED) is 0.189. The van der Waals surface area contributed by atoms with Crippen molar-refractivity contribution in [2.24, 2.45) is 56.2 Å². The number of aliphatic hydroxyl groups is 1. The lowest BCUT2D eigenvalue weighted by Gasteiger charge is -2.72. The number of hydrogen-bond acceptors (Lipinski definition) is 7. The number of allylic oxidation sites excluding steroid dienone is 1. The monoisotopic (exact) mass is 837 g/mol. The molecule has 4 fully saturated rings. The van der Waals surface area contributed by atoms with E-state index in [4.69, 9.17) is 16.3 Å². The first-order chi connectivity index (χ1) is 27.3. The number of carbonyl (C=O) groups is 4. The SMILES string of the molecule is CC(=O)N(C)CCN(Cc1ccc(Cl)cc1)CC(O)C12CCC3(C)C(CCC4C5(C)CCC(OC(=O)CC(C)(C)C(=O)O)C(C)(C)C5CCC43C)C1=C(C(C)C)C(=O)C2. The number of hydrogen-bond donors (Lipinski definition) is 2. The number of ether oxygens (including phenoxy) is 1. The maximum absolute atomic E-state index is 14.4. The number of likely N-dealkylation sites (N-methyl/N-ethyl adjacent to an activating group) is 1. The van der Waals surface area contributed by atoms with E-state index in [1.54, 1.807) is 25.7 Å². The second-order valence-electron chi connectivity index (χ2n) is 21.9. The summed E-state index contributed by atoms with van der Waals surface area (Å²) in [7, 11) is 1.81. The summed E-state index contributed by atoms with van der Waals surface area (Å²) in [5.74, 6) is -0.208. The molecule has 5 aliphatic rings. The molecule has 0 saturated heterocycles. The van der Waals surface area contributed by atoms with Crippen LogP contribution in [-0.2, 0) is 30.5 Å². The fraction of sp³-hybridized carbons (Fsp3) is 0.755. The van der Waals surface area contributed by atoms with Gasteiger partial charge in [-0.2, -0.15) is 0 Å². The molecule has 9 unspecified atom stereocenters. The molecule has 1 aromatic carbocycles. The Hall–Kier alpha value is -2.75. The van der Waals surface area contributed by atoms with Gasteiger partial charge in [-0.1, -0.05) is 77.8 Å². The van der Waals surface area contributed by atoms with Gasteiger partial charge in [0.05, 0.1) is 17.9 Å². The zero-order valence-corrected chi connectivity index (χ0v) is 38.6. The number of carboxylic acid groups (broad SMARTS) is 1. The van der Waals surface area contributed by atoms with Crippen molar-refractivity contribution >= 4 is 35.2 Å². The van der Waals surface area contributed by atoms with E-state index in [9.17, 15) is 29.4 Å². The van der Waals surface area contributed by atoms with Crippen molar-refractivity contribution in [2.45, 2.75) is 152 Å². The smallest absolute Gasteiger partial charge is 0.309 e. The van der Waals surface area contributed by atoms with Crippen LogP contribution in [0.3, 0.4) is 0 Å². The van der Waals surface area contributed by atoms with Crippen LogP contribution >= 0.6 is 11.6 Å². The van der Waals surface area contributed by atoms with E-state index in [1.807, 2.05) is 31.3 Å². The van der Waals surface area contributed by atoms with Crippen molar-refractivity contribution < 1.29 is 34.1 Å². The Kier molecular flexibility index (Phi) is 12.6. The number of Topliss-reactive ketones (excluding diaryl/α,β-unsaturated/α-hetero) is 1. The van der Waals surface area contributed by atoms with Crippen LogP contribution in [0.5, 0.6) is 0 Å². The first kappa shape index (κ1) is 45.8. The Balaban J connectivity index is 1.29. The molecule has 10 heteroatoms. The number of esters is 1. The number of fused-ring (bicyclic) bond motifs is 7. The maximum Gasteiger partial charge on any atom is 0.309 e. The van der Waals surface area contributed by atoms with Gasteiger partial charge in [0, 0.05) is 62.4 Å². The van der Waals surface area contributed by atoms with Gasteiger partial charge in [0.25, 0.3) is 0 Å². The average Bonchev–Trinajstić information content (AvgIpc) is 3.45. The molecule has 59 heavy (non-hydrogen) atoms. The fourth-order valence-corrected chi connectivity index (χ4v) is 14.0. The Morgan fingerprint density at radius 2 is 1.58 bits per heavy atom. The summed E-state index contributed by atoms with van der Waals surface area (Å²) >= 11 is 6.24. The van der Waals surface area contributed by atoms with Crippen LogP contribution in [0.1, 0.15) is 139 Å². The van der Waals surface area contributed by atoms with Crippen molar-refractivity contribution in [1.82, 2.24) is 9.80 Å². The minimum Gasteiger partial charge on any atom is -0.481 e. The molecule has 6 rings (SSSR count). The molecule has 9 nitrogen and oxygen atoms in total. The molecule has 1 aromatic rings. The Morgan fingerprint density at radius 1 is 0.915 bits per heavy atom. The molecular formula is C49H73ClN2O7. The van der Waals surface area contributed by atoms with Gasteiger partial charge in [0.2, 0.25) is 5.91 Å². The summed E-state index contributed by atoms with van der Waals surface area (Å²) in [6.07, 6.45) is 6.69. The lowest BCUT2D eigenvalue weighted by Crippen LogP contribution is -2.66. The van der Waals surface area contributed by atoms with Crippen molar-refractivity contribution in [3.05, 3.63) is 46.0 Å². The van der Waals surface area contributed by atoms with Crippen molar-refractivity contribution in [1.29, 1.82) is 0 Å². The number of halogens is 1. The summed E-state index contributed by atoms with van der Waals surface area (Å²) in [5.41, 5.74) is 1.15. The highest BCUT2D eigenvalue weighted by Gasteiger charge is 2.71. The standard InChI is InChI=1S/C49H73ClN2O7/c1-30(2)41-35(54)26-49(38(55)29-52(25-24-51(11)31(3)53)28-32-12-14-33(50)15-13-32)23-22-47(9)34(42(41)49)16-17-37-46(8)20-19-39(59-40(56)27-44(4,5)43(57)58)45(6,7)36(46)18-21-48(37,47)10/h12-15,30,34,36-39,55H,16-29H2,1-11H3,(H,57,58). The molecule has 2 N–H and O–H groups in total. The molecule has 0 aliphatic heterocycles. The van der Waals surface area contributed by atoms with Crippen LogP contribution < -0.4 is 0 Å². The third kappa shape index (κ3) is 7.85. The molecule has 1 amide bonds. The number of aliphatic carboxylic acids is 1. The first-order valence-corrected chi connectivity index (χ1v) is 22.8. The van der Waals surface area contributed by atoms with Gasteiger partial charge in [-0.25, -0.2) is 0 Å². The van der Waals surface area contributed by atoms with Crippen molar-refractivity contribution in [3.63, 3.8) is 0 Å². The lowest BCUT2D eigenvalue weighted by molar-refractivity contribution is -0.235. The number of rotatable bonds is 13. The van der Waals surface area contributed by atoms with Crippen molar-refractivity contribution in [3.8, 4) is 0 Å². The van der Waals surface area contributed by atoms with Crippen LogP contribution in [0, 0.1) is 56.2 Å². The zero-order chi connectivity index (χ0) is 43.7. The number of amides is 1. The van der Waals surface area contributed by atoms with Gasteiger partial charge >= 0.3 is 11.9 Å². The van der Waals surface area contributed by atoms with Gasteiger partial charge in [-0.3, -0.25) is 24.1 Å². The largest absolute Gasteiger partial charge is 0.481 e. The van der Waals surface area contributed by atoms with E-state index < -0.39 is 28.9 Å². The summed E-state index contributed by atoms with van der Waals surface area (Å²) in [4.78, 5) is 55.5. The Labute approximate surface area is 359 Å². The molecule has 0 spiro atoms. The predicted molar refractivity (Wildman–Crippen MR) is 231 cm³/mol. The zero-order valence-electron chi connectivity index (χ0n) is 37.9. The van der Waals surface area contributed by atoms with Gasteiger partial charge in [0.15, 0.2) is 5.78 Å². The van der Waals surface area contributed by atoms with Crippen LogP contribution in [0.4, 0.5) is 0 Å². The number of ketones is 1. The number of aliphatic hydroxyl groups excluding tert-OH is 1. The maximum atomic E-state index is 14.4. The Morgan fingerprint density at radius 3 is 2.19 bits per heavy atom. The van der Waals surface area contributed by atoms with Crippen LogP contribution in [-0.4, -0.2) is 82.5 Å². The molecule has 4 saturated carbocycles. The lowest BCUT2D eigenvalue weighted by atomic mass is 9.33. The molecule has 328 valence electrons. The number of carbonyl (C=O) groups excluding carboxylic acids is 3. The number of nitrogens with zero attached hydrogens (tertiary/aromatic N) is 2. The van der Waals surface area contributed by atoms with Gasteiger partial charge in [-0.15, -0.1) is 0 Å². The minimum absolute atomic E-state index is 0.000486. The minimum atomic E-state index is -1.18. The van der Waals surface area contributed by atoms with E-state index in [0.29, 0.717) is 49.5 Å². The molecule has 0 heterocycles. The number of benzene rings is 1. The van der Waals surface area contributed by atoms with Crippen LogP contribution in [0.15, 0.2) is 35.4 Å². The molecule has 0 radical (unpaired) electrons. The van der Waals surface area contributed by atoms with E-state index in [0.717, 1.165) is 62.5 Å². The highest BCUT2D eigenvalue weighted by molar-refractivity contribution is 6.30. The Bertz CT molecular complexity index is 1840. The van der Waals surface area contributed by atoms with E-state index in [1.165, 1.54) is 5.57 Å². The topological polar surface area (TPSA) is 124 Å². The van der Waals surface area contributed by atoms with Gasteiger partial charge < -0.3 is 19.8 Å². The molecule has 5 aliphatic carbocycles. The summed E-state index contributed by atoms with van der Waals surface area (Å²) in [6, 6.07) is 7.80. The fourth-order valence-electron chi connectivity index (χ4n) is 13.9. The third-order valence-corrected chi connectivity index (χ3v) is 17.8. The summed E-state index contributed by atoms with van der Waals surface area (Å²) in [6.45, 7) is 23.2. The molecular weight excluding hydrogens is 764 g/mol. The summed E-state index contributed by atoms with van der Waals surface area (Å²) < 4.78 is 6.19. The second kappa shape index (κ2) is 16.2. The normalized spacial score (nSPS) is 34.5. The van der Waals surface area contributed by atoms with E-state index in [2.05, 4.69) is 53.4 Å². The van der Waals surface area contributed by atoms with E-state index >= 15 is 0 Å². The third-order valence-electron chi connectivity index (χ3n) is 17.5. The molecule has 0 aromatic heterocycles. The molecule has 0 bridgehead atoms. The highest BCUT2D eigenvalue weighted by atomic mass is 35.5. The predicted octanol–water partition coefficient (Wildman–Crippen LogP) is 9.37. The highest BCUT2D eigenvalue weighted by Crippen LogP contribution is 2.77. The number of carboxylic acids is 1. The van der Waals surface area contributed by atoms with Crippen LogP contribution in [0.2, 0.25) is 5.02 Å². The first-order valence-electron chi connectivity index (χ1n) is 22.4. The van der Waals surface area contributed by atoms with Crippen molar-refractivity contribution in [2.75, 3.05) is 26.7 Å². The molecule has 9 atom stereocenters. The van der Waals surface area contributed by atoms with Crippen LogP contribution in [0.25, 0.3) is 0 Å². The van der Waals surface area contributed by atoms with E-state index in [-0.39, 0.29) is 57.7 Å². The van der Waals surface area contributed by atoms with Gasteiger partial charge in [0.1, 0.15) is 6.10 Å². The second-order valence-corrected chi connectivity index (χ2v) is 22.3. The summed E-state index contributed by atoms with van der Waals surface area (Å²) in [5, 5.41) is 23.1. The van der Waals surface area contributed by atoms with Gasteiger partial charge in [-0.05, 0) is 128 Å².